The fraction of sp³-hybridized carbons (Fsp3) is 0.417. The molecule has 0 saturated carbocycles. The van der Waals surface area contributed by atoms with Crippen molar-refractivity contribution in [3.8, 4) is 0 Å². The number of hydrogen-bond donors (Lipinski definition) is 2. The van der Waals surface area contributed by atoms with E-state index in [2.05, 4.69) is 26.6 Å². The van der Waals surface area contributed by atoms with Crippen LogP contribution in [0.2, 0.25) is 0 Å². The van der Waals surface area contributed by atoms with Gasteiger partial charge in [0.05, 0.1) is 4.47 Å². The van der Waals surface area contributed by atoms with Gasteiger partial charge in [0.15, 0.2) is 0 Å². The van der Waals surface area contributed by atoms with Gasteiger partial charge < -0.3 is 10.6 Å². The van der Waals surface area contributed by atoms with Gasteiger partial charge in [-0.05, 0) is 34.5 Å². The van der Waals surface area contributed by atoms with Crippen LogP contribution in [-0.4, -0.2) is 18.5 Å². The maximum Gasteiger partial charge on any atom is 0.220 e. The summed E-state index contributed by atoms with van der Waals surface area (Å²) >= 11 is 3.02. The van der Waals surface area contributed by atoms with Crippen LogP contribution in [0, 0.1) is 11.6 Å². The van der Waals surface area contributed by atoms with Crippen LogP contribution in [0.5, 0.6) is 0 Å². The predicted molar refractivity (Wildman–Crippen MR) is 66.9 cm³/mol. The number of halogens is 3. The fourth-order valence-corrected chi connectivity index (χ4v) is 2.30. The van der Waals surface area contributed by atoms with Crippen LogP contribution in [0.15, 0.2) is 16.6 Å². The fourth-order valence-electron chi connectivity index (χ4n) is 1.93. The Morgan fingerprint density at radius 2 is 2.22 bits per heavy atom. The summed E-state index contributed by atoms with van der Waals surface area (Å²) in [7, 11) is 0. The van der Waals surface area contributed by atoms with Crippen LogP contribution in [-0.2, 0) is 11.3 Å². The lowest BCUT2D eigenvalue weighted by molar-refractivity contribution is -0.119. The third-order valence-electron chi connectivity index (χ3n) is 2.92. The number of carbonyl (C=O) groups excluding carboxylic acids is 1. The summed E-state index contributed by atoms with van der Waals surface area (Å²) < 4.78 is 27.3. The lowest BCUT2D eigenvalue weighted by Crippen LogP contribution is -2.35. The highest BCUT2D eigenvalue weighted by molar-refractivity contribution is 9.10. The van der Waals surface area contributed by atoms with Crippen molar-refractivity contribution in [2.45, 2.75) is 25.4 Å². The van der Waals surface area contributed by atoms with Gasteiger partial charge in [-0.2, -0.15) is 0 Å². The number of carbonyl (C=O) groups is 1. The summed E-state index contributed by atoms with van der Waals surface area (Å²) in [6.07, 6.45) is 1.28. The zero-order chi connectivity index (χ0) is 13.1. The van der Waals surface area contributed by atoms with Crippen LogP contribution < -0.4 is 10.6 Å². The molecule has 1 unspecified atom stereocenters. The molecule has 0 aliphatic carbocycles. The van der Waals surface area contributed by atoms with E-state index in [9.17, 15) is 13.6 Å². The van der Waals surface area contributed by atoms with Crippen LogP contribution >= 0.6 is 15.9 Å². The Morgan fingerprint density at radius 1 is 1.44 bits per heavy atom. The average molecular weight is 319 g/mol. The zero-order valence-electron chi connectivity index (χ0n) is 9.60. The molecule has 0 radical (unpaired) electrons. The number of hydrogen-bond acceptors (Lipinski definition) is 2. The van der Waals surface area contributed by atoms with E-state index in [1.807, 2.05) is 0 Å². The molecular weight excluding hydrogens is 306 g/mol. The Kier molecular flexibility index (Phi) is 4.29. The van der Waals surface area contributed by atoms with E-state index in [0.29, 0.717) is 13.0 Å². The van der Waals surface area contributed by atoms with E-state index in [4.69, 9.17) is 0 Å². The normalized spacial score (nSPS) is 19.1. The molecule has 6 heteroatoms. The predicted octanol–water partition coefficient (Wildman–Crippen LogP) is 2.10. The quantitative estimate of drug-likeness (QED) is 0.835. The van der Waals surface area contributed by atoms with Crippen LogP contribution in [0.4, 0.5) is 8.78 Å². The minimum atomic E-state index is -0.585. The van der Waals surface area contributed by atoms with Crippen molar-refractivity contribution in [1.29, 1.82) is 0 Å². The lowest BCUT2D eigenvalue weighted by atomic mass is 10.2. The molecule has 1 heterocycles. The summed E-state index contributed by atoms with van der Waals surface area (Å²) in [4.78, 5) is 11.0. The van der Waals surface area contributed by atoms with Crippen molar-refractivity contribution in [3.05, 3.63) is 33.8 Å². The maximum absolute atomic E-state index is 13.6. The molecule has 1 atom stereocenters. The number of benzene rings is 1. The van der Waals surface area contributed by atoms with Gasteiger partial charge in [0, 0.05) is 31.1 Å². The molecular formula is C12H13BrF2N2O. The Labute approximate surface area is 112 Å². The second-order valence-electron chi connectivity index (χ2n) is 4.26. The van der Waals surface area contributed by atoms with Crippen molar-refractivity contribution >= 4 is 21.8 Å². The van der Waals surface area contributed by atoms with Gasteiger partial charge in [0.2, 0.25) is 5.91 Å². The van der Waals surface area contributed by atoms with Crippen LogP contribution in [0.1, 0.15) is 18.4 Å². The number of rotatable bonds is 4. The Balaban J connectivity index is 1.90. The van der Waals surface area contributed by atoms with E-state index in [1.165, 1.54) is 12.1 Å². The van der Waals surface area contributed by atoms with Crippen molar-refractivity contribution in [2.75, 3.05) is 6.54 Å². The Bertz CT molecular complexity index is 468. The summed E-state index contributed by atoms with van der Waals surface area (Å²) in [6, 6.07) is 2.61. The molecule has 98 valence electrons. The molecule has 1 aromatic rings. The third kappa shape index (κ3) is 3.05. The van der Waals surface area contributed by atoms with Gasteiger partial charge in [-0.1, -0.05) is 0 Å². The molecule has 0 bridgehead atoms. The smallest absolute Gasteiger partial charge is 0.220 e. The molecule has 0 aromatic heterocycles. The first kappa shape index (κ1) is 13.4. The van der Waals surface area contributed by atoms with Gasteiger partial charge in [0.25, 0.3) is 0 Å². The van der Waals surface area contributed by atoms with Crippen LogP contribution in [0.25, 0.3) is 0 Å². The average Bonchev–Trinajstić information content (AvgIpc) is 2.74. The second-order valence-corrected chi connectivity index (χ2v) is 5.11. The number of nitrogens with one attached hydrogen (secondary N) is 2. The molecule has 1 aliphatic rings. The van der Waals surface area contributed by atoms with E-state index in [-0.39, 0.29) is 28.5 Å². The Hall–Kier alpha value is -1.01. The minimum Gasteiger partial charge on any atom is -0.352 e. The second kappa shape index (κ2) is 5.75. The van der Waals surface area contributed by atoms with Crippen molar-refractivity contribution in [1.82, 2.24) is 10.6 Å². The van der Waals surface area contributed by atoms with Gasteiger partial charge in [-0.3, -0.25) is 4.79 Å². The minimum absolute atomic E-state index is 0.00805. The van der Waals surface area contributed by atoms with E-state index < -0.39 is 11.6 Å². The van der Waals surface area contributed by atoms with Gasteiger partial charge in [-0.15, -0.1) is 0 Å². The molecule has 3 nitrogen and oxygen atoms in total. The van der Waals surface area contributed by atoms with Gasteiger partial charge in [0.1, 0.15) is 11.6 Å². The zero-order valence-corrected chi connectivity index (χ0v) is 11.2. The largest absolute Gasteiger partial charge is 0.352 e. The maximum atomic E-state index is 13.6. The van der Waals surface area contributed by atoms with E-state index >= 15 is 0 Å². The van der Waals surface area contributed by atoms with Gasteiger partial charge >= 0.3 is 0 Å². The monoisotopic (exact) mass is 318 g/mol. The molecule has 2 rings (SSSR count). The topological polar surface area (TPSA) is 41.1 Å². The number of amides is 1. The molecule has 18 heavy (non-hydrogen) atoms. The van der Waals surface area contributed by atoms with E-state index in [1.54, 1.807) is 0 Å². The first-order valence-corrected chi connectivity index (χ1v) is 6.49. The molecule has 1 saturated heterocycles. The highest BCUT2D eigenvalue weighted by Crippen LogP contribution is 2.21. The van der Waals surface area contributed by atoms with Crippen molar-refractivity contribution in [3.63, 3.8) is 0 Å². The highest BCUT2D eigenvalue weighted by Gasteiger charge is 2.20. The highest BCUT2D eigenvalue weighted by atomic mass is 79.9. The van der Waals surface area contributed by atoms with Crippen LogP contribution in [0.3, 0.4) is 0 Å². The van der Waals surface area contributed by atoms with Crippen molar-refractivity contribution < 1.29 is 13.6 Å². The molecule has 1 amide bonds. The molecule has 1 aromatic carbocycles. The first-order valence-electron chi connectivity index (χ1n) is 5.70. The molecule has 1 fully saturated rings. The molecule has 1 aliphatic heterocycles. The summed E-state index contributed by atoms with van der Waals surface area (Å²) in [6.45, 7) is 0.612. The molecule has 0 spiro atoms. The third-order valence-corrected chi connectivity index (χ3v) is 3.53. The summed E-state index contributed by atoms with van der Waals surface area (Å²) in [5, 5.41) is 5.74. The SMILES string of the molecule is O=C1CCC(CNCc2c(F)ccc(Br)c2F)N1. The standard InChI is InChI=1S/C12H13BrF2N2O/c13-9-2-3-10(14)8(12(9)15)6-16-5-7-1-4-11(18)17-7/h2-3,7,16H,1,4-6H2,(H,17,18). The Morgan fingerprint density at radius 3 is 2.89 bits per heavy atom. The summed E-state index contributed by atoms with van der Waals surface area (Å²) in [5.41, 5.74) is 0.00805. The van der Waals surface area contributed by atoms with Crippen molar-refractivity contribution in [2.24, 2.45) is 0 Å². The molecule has 2 N–H and O–H groups in total. The summed E-state index contributed by atoms with van der Waals surface area (Å²) in [5.74, 6) is -1.13. The lowest BCUT2D eigenvalue weighted by Gasteiger charge is -2.12. The van der Waals surface area contributed by atoms with Gasteiger partial charge in [-0.25, -0.2) is 8.78 Å². The van der Waals surface area contributed by atoms with E-state index in [0.717, 1.165) is 6.42 Å². The first-order chi connectivity index (χ1) is 8.58.